The molecule has 7 nitrogen and oxygen atoms in total. The highest BCUT2D eigenvalue weighted by Gasteiger charge is 2.16. The van der Waals surface area contributed by atoms with Crippen LogP contribution in [0.3, 0.4) is 0 Å². The molecule has 0 saturated heterocycles. The molecule has 168 valence electrons. The molecule has 1 aromatic heterocycles. The molecule has 2 aromatic carbocycles. The highest BCUT2D eigenvalue weighted by molar-refractivity contribution is 6.05. The zero-order chi connectivity index (χ0) is 23.4. The molecule has 0 spiro atoms. The zero-order valence-corrected chi connectivity index (χ0v) is 19.3. The molecule has 0 fully saturated rings. The van der Waals surface area contributed by atoms with Crippen molar-refractivity contribution in [1.82, 2.24) is 9.78 Å². The number of aromatic nitrogens is 2. The van der Waals surface area contributed by atoms with Crippen LogP contribution in [0.4, 0.5) is 11.4 Å². The Morgan fingerprint density at radius 1 is 1.12 bits per heavy atom. The molecule has 3 aromatic rings. The van der Waals surface area contributed by atoms with Crippen LogP contribution in [0.1, 0.15) is 49.7 Å². The molecule has 1 amide bonds. The standard InChI is InChI=1S/C25H30N4O3/c1-16-8-6-9-19(14-16)24(30)26-20-11-12-23(22(15-20)25(31)32)28(4)13-7-10-21-17(2)27-29(5)18(21)3/h6,8-9,11-12,14-15H,7,10,13H2,1-5H3,(H,26,30)(H,31,32). The highest BCUT2D eigenvalue weighted by atomic mass is 16.4. The zero-order valence-electron chi connectivity index (χ0n) is 19.3. The van der Waals surface area contributed by atoms with Crippen molar-refractivity contribution >= 4 is 23.3 Å². The number of nitrogens with zero attached hydrogens (tertiary/aromatic N) is 3. The van der Waals surface area contributed by atoms with Crippen LogP contribution < -0.4 is 10.2 Å². The molecule has 0 saturated carbocycles. The summed E-state index contributed by atoms with van der Waals surface area (Å²) in [6, 6.07) is 12.3. The summed E-state index contributed by atoms with van der Waals surface area (Å²) >= 11 is 0. The number of anilines is 2. The first-order valence-electron chi connectivity index (χ1n) is 10.6. The number of aryl methyl sites for hydroxylation is 3. The minimum absolute atomic E-state index is 0.156. The van der Waals surface area contributed by atoms with Gasteiger partial charge >= 0.3 is 5.97 Å². The summed E-state index contributed by atoms with van der Waals surface area (Å²) in [6.07, 6.45) is 1.75. The number of hydrogen-bond acceptors (Lipinski definition) is 4. The van der Waals surface area contributed by atoms with Gasteiger partial charge in [0.15, 0.2) is 0 Å². The Hall–Kier alpha value is -3.61. The van der Waals surface area contributed by atoms with Crippen LogP contribution in [-0.2, 0) is 13.5 Å². The molecule has 0 unspecified atom stereocenters. The summed E-state index contributed by atoms with van der Waals surface area (Å²) in [5.41, 5.74) is 6.18. The molecular weight excluding hydrogens is 404 g/mol. The molecule has 7 heteroatoms. The third-order valence-electron chi connectivity index (χ3n) is 5.76. The van der Waals surface area contributed by atoms with E-state index in [1.165, 1.54) is 11.6 Å². The van der Waals surface area contributed by atoms with E-state index in [4.69, 9.17) is 0 Å². The average Bonchev–Trinajstić information content (AvgIpc) is 2.99. The van der Waals surface area contributed by atoms with Gasteiger partial charge in [-0.25, -0.2) is 4.79 Å². The van der Waals surface area contributed by atoms with E-state index in [2.05, 4.69) is 17.3 Å². The monoisotopic (exact) mass is 434 g/mol. The maximum absolute atomic E-state index is 12.5. The van der Waals surface area contributed by atoms with E-state index in [1.807, 2.05) is 49.7 Å². The lowest BCUT2D eigenvalue weighted by molar-refractivity contribution is 0.0697. The summed E-state index contributed by atoms with van der Waals surface area (Å²) in [7, 11) is 3.83. The molecular formula is C25H30N4O3. The molecule has 0 radical (unpaired) electrons. The lowest BCUT2D eigenvalue weighted by Gasteiger charge is -2.22. The first-order valence-corrected chi connectivity index (χ1v) is 10.6. The molecule has 0 aliphatic carbocycles. The van der Waals surface area contributed by atoms with Gasteiger partial charge in [0.05, 0.1) is 16.9 Å². The molecule has 3 rings (SSSR count). The van der Waals surface area contributed by atoms with Gasteiger partial charge < -0.3 is 15.3 Å². The van der Waals surface area contributed by atoms with Crippen molar-refractivity contribution in [2.45, 2.75) is 33.6 Å². The van der Waals surface area contributed by atoms with Crippen molar-refractivity contribution in [2.75, 3.05) is 23.8 Å². The number of carbonyl (C=O) groups is 2. The lowest BCUT2D eigenvalue weighted by atomic mass is 10.1. The minimum Gasteiger partial charge on any atom is -0.478 e. The number of aromatic carboxylic acids is 1. The molecule has 0 atom stereocenters. The van der Waals surface area contributed by atoms with Crippen LogP contribution in [-0.4, -0.2) is 40.4 Å². The second-order valence-corrected chi connectivity index (χ2v) is 8.16. The molecule has 2 N–H and O–H groups in total. The Balaban J connectivity index is 1.71. The predicted molar refractivity (Wildman–Crippen MR) is 127 cm³/mol. The van der Waals surface area contributed by atoms with Crippen LogP contribution >= 0.6 is 0 Å². The number of nitrogens with one attached hydrogen (secondary N) is 1. The second kappa shape index (κ2) is 9.68. The summed E-state index contributed by atoms with van der Waals surface area (Å²) in [4.78, 5) is 26.4. The Labute approximate surface area is 188 Å². The third-order valence-corrected chi connectivity index (χ3v) is 5.76. The van der Waals surface area contributed by atoms with Gasteiger partial charge in [0, 0.05) is 37.6 Å². The fraction of sp³-hybridized carbons (Fsp3) is 0.320. The van der Waals surface area contributed by atoms with Crippen LogP contribution in [0, 0.1) is 20.8 Å². The van der Waals surface area contributed by atoms with Crippen LogP contribution in [0.25, 0.3) is 0 Å². The molecule has 0 aliphatic rings. The van der Waals surface area contributed by atoms with Gasteiger partial charge in [-0.05, 0) is 69.5 Å². The topological polar surface area (TPSA) is 87.5 Å². The van der Waals surface area contributed by atoms with Crippen LogP contribution in [0.2, 0.25) is 0 Å². The van der Waals surface area contributed by atoms with Crippen molar-refractivity contribution in [2.24, 2.45) is 7.05 Å². The Kier molecular flexibility index (Phi) is 6.98. The van der Waals surface area contributed by atoms with Gasteiger partial charge in [-0.15, -0.1) is 0 Å². The average molecular weight is 435 g/mol. The number of benzene rings is 2. The van der Waals surface area contributed by atoms with E-state index >= 15 is 0 Å². The van der Waals surface area contributed by atoms with Crippen LogP contribution in [0.5, 0.6) is 0 Å². The maximum Gasteiger partial charge on any atom is 0.337 e. The largest absolute Gasteiger partial charge is 0.478 e. The number of amides is 1. The SMILES string of the molecule is Cc1cccc(C(=O)Nc2ccc(N(C)CCCc3c(C)nn(C)c3C)c(C(=O)O)c2)c1. The lowest BCUT2D eigenvalue weighted by Crippen LogP contribution is -2.22. The van der Waals surface area contributed by atoms with Gasteiger partial charge in [0.25, 0.3) is 5.91 Å². The number of carboxylic acid groups (broad SMARTS) is 1. The normalized spacial score (nSPS) is 10.8. The summed E-state index contributed by atoms with van der Waals surface area (Å²) in [5.74, 6) is -1.30. The summed E-state index contributed by atoms with van der Waals surface area (Å²) < 4.78 is 1.89. The first-order chi connectivity index (χ1) is 15.2. The van der Waals surface area contributed by atoms with Gasteiger partial charge in [-0.1, -0.05) is 17.7 Å². The van der Waals surface area contributed by atoms with Crippen molar-refractivity contribution in [3.63, 3.8) is 0 Å². The van der Waals surface area contributed by atoms with Gasteiger partial charge in [0.2, 0.25) is 0 Å². The van der Waals surface area contributed by atoms with Crippen molar-refractivity contribution in [3.8, 4) is 0 Å². The fourth-order valence-corrected chi connectivity index (χ4v) is 3.90. The number of carboxylic acids is 1. The van der Waals surface area contributed by atoms with Crippen LogP contribution in [0.15, 0.2) is 42.5 Å². The van der Waals surface area contributed by atoms with E-state index in [0.29, 0.717) is 23.5 Å². The highest BCUT2D eigenvalue weighted by Crippen LogP contribution is 2.25. The van der Waals surface area contributed by atoms with E-state index in [0.717, 1.165) is 29.8 Å². The Morgan fingerprint density at radius 2 is 1.88 bits per heavy atom. The van der Waals surface area contributed by atoms with E-state index in [-0.39, 0.29) is 11.5 Å². The number of hydrogen-bond donors (Lipinski definition) is 2. The maximum atomic E-state index is 12.5. The van der Waals surface area contributed by atoms with Gasteiger partial charge in [-0.3, -0.25) is 9.48 Å². The quantitative estimate of drug-likeness (QED) is 0.550. The van der Waals surface area contributed by atoms with E-state index in [1.54, 1.807) is 24.3 Å². The fourth-order valence-electron chi connectivity index (χ4n) is 3.90. The second-order valence-electron chi connectivity index (χ2n) is 8.16. The molecule has 1 heterocycles. The summed E-state index contributed by atoms with van der Waals surface area (Å²) in [6.45, 7) is 6.69. The first kappa shape index (κ1) is 23.1. The number of carbonyl (C=O) groups excluding carboxylic acids is 1. The predicted octanol–water partition coefficient (Wildman–Crippen LogP) is 4.36. The molecule has 0 bridgehead atoms. The molecule has 32 heavy (non-hydrogen) atoms. The number of rotatable bonds is 8. The van der Waals surface area contributed by atoms with Crippen molar-refractivity contribution in [3.05, 3.63) is 76.1 Å². The van der Waals surface area contributed by atoms with E-state index < -0.39 is 5.97 Å². The van der Waals surface area contributed by atoms with E-state index in [9.17, 15) is 14.7 Å². The van der Waals surface area contributed by atoms with Gasteiger partial charge in [0.1, 0.15) is 0 Å². The minimum atomic E-state index is -1.03. The van der Waals surface area contributed by atoms with Crippen molar-refractivity contribution < 1.29 is 14.7 Å². The summed E-state index contributed by atoms with van der Waals surface area (Å²) in [5, 5.41) is 17.0. The smallest absolute Gasteiger partial charge is 0.337 e. The Bertz CT molecular complexity index is 1150. The molecule has 0 aliphatic heterocycles. The Morgan fingerprint density at radius 3 is 2.50 bits per heavy atom. The van der Waals surface area contributed by atoms with Gasteiger partial charge in [-0.2, -0.15) is 5.10 Å². The van der Waals surface area contributed by atoms with Crippen molar-refractivity contribution in [1.29, 1.82) is 0 Å². The third kappa shape index (κ3) is 5.17.